The van der Waals surface area contributed by atoms with Gasteiger partial charge in [0.05, 0.1) is 26.6 Å². The number of nitrogens with one attached hydrogen (secondary N) is 2. The predicted molar refractivity (Wildman–Crippen MR) is 230 cm³/mol. The minimum atomic E-state index is -4.68. The minimum absolute atomic E-state index is 0.00761. The summed E-state index contributed by atoms with van der Waals surface area (Å²) in [6.07, 6.45) is 3.67. The number of aromatic nitrogens is 2. The number of hydrogen-bond donors (Lipinski definition) is 5. The summed E-state index contributed by atoms with van der Waals surface area (Å²) in [5.41, 5.74) is 1.44. The molecule has 0 amide bonds. The summed E-state index contributed by atoms with van der Waals surface area (Å²) in [4.78, 5) is 8.26. The van der Waals surface area contributed by atoms with Gasteiger partial charge >= 0.3 is 0 Å². The lowest BCUT2D eigenvalue weighted by Gasteiger charge is -2.16. The summed E-state index contributed by atoms with van der Waals surface area (Å²) in [7, 11) is -13.8. The van der Waals surface area contributed by atoms with Crippen molar-refractivity contribution in [1.82, 2.24) is 9.97 Å². The van der Waals surface area contributed by atoms with Gasteiger partial charge in [-0.25, -0.2) is 9.97 Å². The molecule has 2 heterocycles. The monoisotopic (exact) mass is 917 g/mol. The largest absolute Gasteiger partial charge is 0.339 e. The van der Waals surface area contributed by atoms with Crippen LogP contribution >= 0.6 is 22.9 Å². The average Bonchev–Trinajstić information content (AvgIpc) is 3.61. The quantitative estimate of drug-likeness (QED) is 0.0386. The van der Waals surface area contributed by atoms with Crippen LogP contribution in [0.2, 0.25) is 5.02 Å². The van der Waals surface area contributed by atoms with Gasteiger partial charge in [0.25, 0.3) is 30.4 Å². The maximum absolute atomic E-state index is 11.9. The van der Waals surface area contributed by atoms with E-state index in [0.717, 1.165) is 46.4 Å². The summed E-state index contributed by atoms with van der Waals surface area (Å²) >= 11 is 6.93. The van der Waals surface area contributed by atoms with Crippen LogP contribution < -0.4 is 10.6 Å². The first-order chi connectivity index (χ1) is 28.8. The SMILES string of the molecule is C=C/C=C(\C=C/S(=O)(=O)O)Nc1nc(Nc2ccc(S(=O)(=O)O)cc2)c(/N=N/c2nc(-c3ccc4ccccc4c3)c(/N=N/c3ccc(Cl)c(S(=O)(=O)O)c3)s2)c(C)c1C#N. The molecule has 4 aromatic carbocycles. The first-order valence-electron chi connectivity index (χ1n) is 17.0. The van der Waals surface area contributed by atoms with E-state index in [-0.39, 0.29) is 65.6 Å². The Hall–Kier alpha value is -6.55. The Morgan fingerprint density at radius 2 is 1.57 bits per heavy atom. The highest BCUT2D eigenvalue weighted by Gasteiger charge is 2.21. The van der Waals surface area contributed by atoms with E-state index in [1.165, 1.54) is 43.3 Å². The molecular weight excluding hydrogens is 890 g/mol. The van der Waals surface area contributed by atoms with Crippen molar-refractivity contribution in [2.45, 2.75) is 16.7 Å². The molecule has 0 aliphatic rings. The maximum atomic E-state index is 11.9. The van der Waals surface area contributed by atoms with Gasteiger partial charge in [0, 0.05) is 22.5 Å². The van der Waals surface area contributed by atoms with Crippen molar-refractivity contribution in [2.24, 2.45) is 20.5 Å². The van der Waals surface area contributed by atoms with Gasteiger partial charge in [0.2, 0.25) is 5.13 Å². The summed E-state index contributed by atoms with van der Waals surface area (Å²) < 4.78 is 98.4. The van der Waals surface area contributed by atoms with Crippen LogP contribution in [-0.2, 0) is 30.4 Å². The Morgan fingerprint density at radius 3 is 2.23 bits per heavy atom. The molecule has 23 heteroatoms. The third kappa shape index (κ3) is 11.0. The van der Waals surface area contributed by atoms with Crippen molar-refractivity contribution in [3.8, 4) is 17.3 Å². The van der Waals surface area contributed by atoms with Gasteiger partial charge in [-0.15, -0.1) is 20.5 Å². The number of azo groups is 2. The first kappa shape index (κ1) is 44.0. The van der Waals surface area contributed by atoms with Crippen molar-refractivity contribution < 1.29 is 38.9 Å². The number of nitriles is 1. The number of rotatable bonds is 14. The van der Waals surface area contributed by atoms with Crippen LogP contribution in [0.4, 0.5) is 38.8 Å². The van der Waals surface area contributed by atoms with Gasteiger partial charge in [-0.05, 0) is 78.4 Å². The number of halogens is 1. The normalized spacial score (nSPS) is 12.7. The van der Waals surface area contributed by atoms with E-state index >= 15 is 0 Å². The molecule has 0 unspecified atom stereocenters. The number of allylic oxidation sites excluding steroid dienone is 3. The van der Waals surface area contributed by atoms with E-state index < -0.39 is 35.2 Å². The zero-order valence-electron chi connectivity index (χ0n) is 31.0. The predicted octanol–water partition coefficient (Wildman–Crippen LogP) is 10.1. The molecule has 0 spiro atoms. The molecule has 0 aliphatic heterocycles. The van der Waals surface area contributed by atoms with Gasteiger partial charge in [-0.3, -0.25) is 13.7 Å². The van der Waals surface area contributed by atoms with Crippen LogP contribution in [0.3, 0.4) is 0 Å². The van der Waals surface area contributed by atoms with Crippen LogP contribution in [0.25, 0.3) is 22.0 Å². The Balaban J connectivity index is 1.48. The Morgan fingerprint density at radius 1 is 0.852 bits per heavy atom. The van der Waals surface area contributed by atoms with Crippen molar-refractivity contribution in [3.63, 3.8) is 0 Å². The van der Waals surface area contributed by atoms with Crippen molar-refractivity contribution in [2.75, 3.05) is 10.6 Å². The lowest BCUT2D eigenvalue weighted by atomic mass is 10.1. The average molecular weight is 918 g/mol. The zero-order valence-corrected chi connectivity index (χ0v) is 35.1. The van der Waals surface area contributed by atoms with Crippen LogP contribution in [0.15, 0.2) is 151 Å². The zero-order chi connectivity index (χ0) is 44.1. The highest BCUT2D eigenvalue weighted by atomic mass is 35.5. The van der Waals surface area contributed by atoms with Crippen LogP contribution in [0.5, 0.6) is 0 Å². The molecule has 0 saturated heterocycles. The number of pyridine rings is 1. The standard InChI is InChI=1S/C38H28ClN9O9S4/c1-3-6-26(17-18-59(49,50)51)41-35-30(21-40)22(2)33(36(44-35)42-27-11-14-29(15-12-27)60(52,53)54)46-48-38-43-34(25-10-9-23-7-4-5-8-24(23)19-25)37(58-38)47-45-28-13-16-31(39)32(20-28)61(55,56)57/h3-20H,1H2,2H3,(H2,41,42,44)(H,49,50,51)(H,52,53,54)(H,55,56,57)/b18-17-,26-6+,47-45+,48-46+. The number of thiazole rings is 1. The fourth-order valence-electron chi connectivity index (χ4n) is 5.42. The number of hydrogen-bond acceptors (Lipinski definition) is 16. The van der Waals surface area contributed by atoms with Crippen molar-refractivity contribution in [3.05, 3.63) is 137 Å². The van der Waals surface area contributed by atoms with E-state index in [0.29, 0.717) is 16.7 Å². The molecule has 18 nitrogen and oxygen atoms in total. The second-order valence-corrected chi connectivity index (χ2v) is 17.9. The molecule has 5 N–H and O–H groups in total. The molecule has 6 rings (SSSR count). The van der Waals surface area contributed by atoms with Crippen LogP contribution in [-0.4, -0.2) is 48.9 Å². The molecule has 0 atom stereocenters. The number of benzene rings is 4. The van der Waals surface area contributed by atoms with E-state index in [1.807, 2.05) is 48.5 Å². The second kappa shape index (κ2) is 18.0. The highest BCUT2D eigenvalue weighted by Crippen LogP contribution is 2.43. The molecule has 0 saturated carbocycles. The molecule has 0 aliphatic carbocycles. The van der Waals surface area contributed by atoms with E-state index in [2.05, 4.69) is 47.6 Å². The number of nitrogens with zero attached hydrogens (tertiary/aromatic N) is 7. The molecule has 2 aromatic heterocycles. The molecule has 0 fully saturated rings. The molecule has 0 bridgehead atoms. The topological polar surface area (TPSA) is 286 Å². The molecule has 6 aromatic rings. The summed E-state index contributed by atoms with van der Waals surface area (Å²) in [5.74, 6) is -0.137. The van der Waals surface area contributed by atoms with E-state index in [4.69, 9.17) is 11.6 Å². The summed E-state index contributed by atoms with van der Waals surface area (Å²) in [6, 6.07) is 23.8. The highest BCUT2D eigenvalue weighted by molar-refractivity contribution is 7.88. The Labute approximate surface area is 357 Å². The van der Waals surface area contributed by atoms with Gasteiger partial charge in [-0.1, -0.05) is 72.0 Å². The lowest BCUT2D eigenvalue weighted by molar-refractivity contribution is 0.481. The fraction of sp³-hybridized carbons (Fsp3) is 0.0263. The second-order valence-electron chi connectivity index (χ2n) is 12.4. The first-order valence-corrected chi connectivity index (χ1v) is 22.6. The molecule has 61 heavy (non-hydrogen) atoms. The van der Waals surface area contributed by atoms with E-state index in [1.54, 1.807) is 0 Å². The Kier molecular flexibility index (Phi) is 13.0. The maximum Gasteiger partial charge on any atom is 0.296 e. The van der Waals surface area contributed by atoms with Crippen LogP contribution in [0, 0.1) is 18.3 Å². The number of fused-ring (bicyclic) bond motifs is 1. The number of anilines is 3. The van der Waals surface area contributed by atoms with Crippen LogP contribution in [0.1, 0.15) is 11.1 Å². The molecule has 310 valence electrons. The molecular formula is C38H28ClN9O9S4. The Bertz CT molecular complexity index is 3240. The van der Waals surface area contributed by atoms with Gasteiger partial charge in [-0.2, -0.15) is 30.5 Å². The molecule has 0 radical (unpaired) electrons. The summed E-state index contributed by atoms with van der Waals surface area (Å²) in [5, 5.41) is 35.8. The lowest BCUT2D eigenvalue weighted by Crippen LogP contribution is -2.07. The third-order valence-corrected chi connectivity index (χ3v) is 11.7. The van der Waals surface area contributed by atoms with Gasteiger partial charge in [0.1, 0.15) is 22.3 Å². The van der Waals surface area contributed by atoms with Gasteiger partial charge < -0.3 is 10.6 Å². The van der Waals surface area contributed by atoms with E-state index in [9.17, 15) is 44.2 Å². The van der Waals surface area contributed by atoms with Crippen molar-refractivity contribution >= 4 is 103 Å². The minimum Gasteiger partial charge on any atom is -0.339 e. The smallest absolute Gasteiger partial charge is 0.296 e. The fourth-order valence-corrected chi connectivity index (χ4v) is 7.95. The third-order valence-electron chi connectivity index (χ3n) is 8.23. The van der Waals surface area contributed by atoms with Crippen molar-refractivity contribution in [1.29, 1.82) is 5.26 Å². The van der Waals surface area contributed by atoms with Gasteiger partial charge in [0.15, 0.2) is 16.6 Å². The summed E-state index contributed by atoms with van der Waals surface area (Å²) in [6.45, 7) is 5.13.